The minimum atomic E-state index is -3.55. The van der Waals surface area contributed by atoms with Crippen LogP contribution in [-0.4, -0.2) is 33.2 Å². The van der Waals surface area contributed by atoms with E-state index < -0.39 is 10.0 Å². The van der Waals surface area contributed by atoms with E-state index in [0.717, 1.165) is 0 Å². The molecule has 0 amide bonds. The molecular weight excluding hydrogens is 284 g/mol. The SMILES string of the molecule is CCC(COC)NS(=O)(=O)c1ccc(C(N)=S)cc1. The summed E-state index contributed by atoms with van der Waals surface area (Å²) in [6, 6.07) is 5.90. The van der Waals surface area contributed by atoms with E-state index >= 15 is 0 Å². The minimum Gasteiger partial charge on any atom is -0.389 e. The van der Waals surface area contributed by atoms with E-state index in [0.29, 0.717) is 18.6 Å². The molecule has 0 fully saturated rings. The maximum absolute atomic E-state index is 12.1. The van der Waals surface area contributed by atoms with Gasteiger partial charge in [-0.25, -0.2) is 13.1 Å². The van der Waals surface area contributed by atoms with Crippen LogP contribution in [0.2, 0.25) is 0 Å². The predicted molar refractivity (Wildman–Crippen MR) is 78.6 cm³/mol. The second-order valence-corrected chi connectivity index (χ2v) is 6.22. The van der Waals surface area contributed by atoms with E-state index in [1.165, 1.54) is 19.2 Å². The number of sulfonamides is 1. The number of methoxy groups -OCH3 is 1. The molecule has 0 saturated heterocycles. The van der Waals surface area contributed by atoms with Crippen molar-refractivity contribution >= 4 is 27.2 Å². The number of nitrogens with one attached hydrogen (secondary N) is 1. The number of nitrogens with two attached hydrogens (primary N) is 1. The molecule has 0 bridgehead atoms. The number of benzene rings is 1. The molecule has 0 aliphatic carbocycles. The lowest BCUT2D eigenvalue weighted by Crippen LogP contribution is -2.37. The zero-order valence-corrected chi connectivity index (χ0v) is 12.6. The Morgan fingerprint density at radius 3 is 2.42 bits per heavy atom. The highest BCUT2D eigenvalue weighted by Gasteiger charge is 2.18. The third-order valence-electron chi connectivity index (χ3n) is 2.63. The molecule has 0 radical (unpaired) electrons. The van der Waals surface area contributed by atoms with Gasteiger partial charge in [-0.3, -0.25) is 0 Å². The van der Waals surface area contributed by atoms with Gasteiger partial charge in [0, 0.05) is 18.7 Å². The summed E-state index contributed by atoms with van der Waals surface area (Å²) in [5.74, 6) is 0. The van der Waals surface area contributed by atoms with Gasteiger partial charge in [0.25, 0.3) is 0 Å². The quantitative estimate of drug-likeness (QED) is 0.735. The zero-order valence-electron chi connectivity index (χ0n) is 10.9. The summed E-state index contributed by atoms with van der Waals surface area (Å²) >= 11 is 4.82. The van der Waals surface area contributed by atoms with Gasteiger partial charge in [-0.1, -0.05) is 31.3 Å². The van der Waals surface area contributed by atoms with E-state index in [4.69, 9.17) is 22.7 Å². The largest absolute Gasteiger partial charge is 0.389 e. The third-order valence-corrected chi connectivity index (χ3v) is 4.40. The molecule has 1 unspecified atom stereocenters. The smallest absolute Gasteiger partial charge is 0.240 e. The topological polar surface area (TPSA) is 81.4 Å². The van der Waals surface area contributed by atoms with Gasteiger partial charge in [0.15, 0.2) is 0 Å². The summed E-state index contributed by atoms with van der Waals surface area (Å²) in [7, 11) is -2.01. The van der Waals surface area contributed by atoms with Gasteiger partial charge in [-0.15, -0.1) is 0 Å². The van der Waals surface area contributed by atoms with Crippen LogP contribution in [0, 0.1) is 0 Å². The lowest BCUT2D eigenvalue weighted by molar-refractivity contribution is 0.173. The summed E-state index contributed by atoms with van der Waals surface area (Å²) in [5.41, 5.74) is 6.10. The summed E-state index contributed by atoms with van der Waals surface area (Å²) in [6.07, 6.45) is 0.651. The summed E-state index contributed by atoms with van der Waals surface area (Å²) in [5, 5.41) is 0. The molecule has 0 heterocycles. The average molecular weight is 302 g/mol. The fraction of sp³-hybridized carbons (Fsp3) is 0.417. The fourth-order valence-electron chi connectivity index (χ4n) is 1.52. The van der Waals surface area contributed by atoms with Crippen molar-refractivity contribution in [1.82, 2.24) is 4.72 Å². The van der Waals surface area contributed by atoms with Crippen molar-refractivity contribution in [3.05, 3.63) is 29.8 Å². The van der Waals surface area contributed by atoms with Crippen LogP contribution < -0.4 is 10.5 Å². The van der Waals surface area contributed by atoms with Gasteiger partial charge in [0.2, 0.25) is 10.0 Å². The lowest BCUT2D eigenvalue weighted by atomic mass is 10.2. The first-order valence-electron chi connectivity index (χ1n) is 5.81. The molecule has 0 spiro atoms. The monoisotopic (exact) mass is 302 g/mol. The molecule has 0 aromatic heterocycles. The summed E-state index contributed by atoms with van der Waals surface area (Å²) in [4.78, 5) is 0.421. The number of thiocarbonyl (C=S) groups is 1. The second-order valence-electron chi connectivity index (χ2n) is 4.07. The Kier molecular flexibility index (Phi) is 5.86. The van der Waals surface area contributed by atoms with Crippen molar-refractivity contribution in [3.8, 4) is 0 Å². The molecule has 0 aliphatic rings. The van der Waals surface area contributed by atoms with Crippen LogP contribution in [0.5, 0.6) is 0 Å². The lowest BCUT2D eigenvalue weighted by Gasteiger charge is -2.16. The van der Waals surface area contributed by atoms with Crippen molar-refractivity contribution < 1.29 is 13.2 Å². The molecule has 19 heavy (non-hydrogen) atoms. The molecule has 1 atom stereocenters. The van der Waals surface area contributed by atoms with E-state index in [1.54, 1.807) is 12.1 Å². The molecule has 5 nitrogen and oxygen atoms in total. The standard InChI is InChI=1S/C12H18N2O3S2/c1-3-10(8-17-2)14-19(15,16)11-6-4-9(5-7-11)12(13)18/h4-7,10,14H,3,8H2,1-2H3,(H2,13,18). The van der Waals surface area contributed by atoms with Gasteiger partial charge < -0.3 is 10.5 Å². The Balaban J connectivity index is 2.90. The highest BCUT2D eigenvalue weighted by atomic mass is 32.2. The van der Waals surface area contributed by atoms with Crippen LogP contribution in [0.4, 0.5) is 0 Å². The molecule has 1 rings (SSSR count). The molecule has 106 valence electrons. The van der Waals surface area contributed by atoms with E-state index in [-0.39, 0.29) is 15.9 Å². The normalized spacial score (nSPS) is 13.2. The Bertz CT molecular complexity index is 526. The van der Waals surface area contributed by atoms with Crippen molar-refractivity contribution in [2.24, 2.45) is 5.73 Å². The molecule has 7 heteroatoms. The van der Waals surface area contributed by atoms with Gasteiger partial charge in [0.05, 0.1) is 11.5 Å². The number of hydrogen-bond acceptors (Lipinski definition) is 4. The first-order chi connectivity index (χ1) is 8.90. The summed E-state index contributed by atoms with van der Waals surface area (Å²) < 4.78 is 31.8. The van der Waals surface area contributed by atoms with E-state index in [9.17, 15) is 8.42 Å². The van der Waals surface area contributed by atoms with Crippen LogP contribution in [0.1, 0.15) is 18.9 Å². The Morgan fingerprint density at radius 2 is 2.00 bits per heavy atom. The second kappa shape index (κ2) is 6.95. The van der Waals surface area contributed by atoms with Crippen LogP contribution in [0.3, 0.4) is 0 Å². The van der Waals surface area contributed by atoms with Crippen LogP contribution >= 0.6 is 12.2 Å². The van der Waals surface area contributed by atoms with E-state index in [1.807, 2.05) is 6.92 Å². The van der Waals surface area contributed by atoms with Crippen LogP contribution in [-0.2, 0) is 14.8 Å². The summed E-state index contributed by atoms with van der Waals surface area (Å²) in [6.45, 7) is 2.23. The zero-order chi connectivity index (χ0) is 14.5. The first kappa shape index (κ1) is 16.0. The van der Waals surface area contributed by atoms with Crippen molar-refractivity contribution in [1.29, 1.82) is 0 Å². The van der Waals surface area contributed by atoms with Gasteiger partial charge in [0.1, 0.15) is 4.99 Å². The average Bonchev–Trinajstić information content (AvgIpc) is 2.38. The molecule has 1 aromatic carbocycles. The molecule has 0 aliphatic heterocycles. The van der Waals surface area contributed by atoms with Crippen LogP contribution in [0.25, 0.3) is 0 Å². The minimum absolute atomic E-state index is 0.182. The molecular formula is C12H18N2O3S2. The Labute approximate surface area is 119 Å². The van der Waals surface area contributed by atoms with Gasteiger partial charge >= 0.3 is 0 Å². The molecule has 3 N–H and O–H groups in total. The predicted octanol–water partition coefficient (Wildman–Crippen LogP) is 1.02. The number of ether oxygens (including phenoxy) is 1. The Hall–Kier alpha value is -1.02. The maximum atomic E-state index is 12.1. The Morgan fingerprint density at radius 1 is 1.42 bits per heavy atom. The number of rotatable bonds is 7. The fourth-order valence-corrected chi connectivity index (χ4v) is 2.96. The van der Waals surface area contributed by atoms with Crippen LogP contribution in [0.15, 0.2) is 29.2 Å². The van der Waals surface area contributed by atoms with E-state index in [2.05, 4.69) is 4.72 Å². The molecule has 0 saturated carbocycles. The highest BCUT2D eigenvalue weighted by Crippen LogP contribution is 2.11. The third kappa shape index (κ3) is 4.54. The van der Waals surface area contributed by atoms with Crippen molar-refractivity contribution in [2.45, 2.75) is 24.3 Å². The molecule has 1 aromatic rings. The highest BCUT2D eigenvalue weighted by molar-refractivity contribution is 7.89. The van der Waals surface area contributed by atoms with Gasteiger partial charge in [-0.05, 0) is 18.6 Å². The maximum Gasteiger partial charge on any atom is 0.240 e. The van der Waals surface area contributed by atoms with Crippen molar-refractivity contribution in [3.63, 3.8) is 0 Å². The van der Waals surface area contributed by atoms with Crippen molar-refractivity contribution in [2.75, 3.05) is 13.7 Å². The first-order valence-corrected chi connectivity index (χ1v) is 7.71. The number of hydrogen-bond donors (Lipinski definition) is 2. The van der Waals surface area contributed by atoms with Gasteiger partial charge in [-0.2, -0.15) is 0 Å².